The fourth-order valence-corrected chi connectivity index (χ4v) is 3.41. The molecule has 1 aliphatic heterocycles. The van der Waals surface area contributed by atoms with E-state index in [9.17, 15) is 4.79 Å². The Morgan fingerprint density at radius 2 is 1.82 bits per heavy atom. The second-order valence-corrected chi connectivity index (χ2v) is 8.57. The minimum absolute atomic E-state index is 0.0123. The van der Waals surface area contributed by atoms with Crippen LogP contribution in [-0.2, 0) is 7.05 Å². The number of piperidine rings is 1. The molecule has 2 aromatic heterocycles. The van der Waals surface area contributed by atoms with Gasteiger partial charge in [0.05, 0.1) is 5.69 Å². The fourth-order valence-electron chi connectivity index (χ4n) is 3.41. The van der Waals surface area contributed by atoms with Crippen molar-refractivity contribution in [1.29, 1.82) is 0 Å². The Morgan fingerprint density at radius 3 is 2.39 bits per heavy atom. The van der Waals surface area contributed by atoms with Gasteiger partial charge in [-0.05, 0) is 64.7 Å². The second-order valence-electron chi connectivity index (χ2n) is 8.57. The lowest BCUT2D eigenvalue weighted by atomic mass is 10.0. The molecule has 8 heteroatoms. The van der Waals surface area contributed by atoms with E-state index >= 15 is 0 Å². The largest absolute Gasteiger partial charge is 0.365 e. The minimum atomic E-state index is -0.216. The van der Waals surface area contributed by atoms with Crippen molar-refractivity contribution in [3.8, 4) is 11.4 Å². The molecule has 3 heterocycles. The smallest absolute Gasteiger partial charge is 0.317 e. The summed E-state index contributed by atoms with van der Waals surface area (Å²) in [7, 11) is 1.90. The maximum absolute atomic E-state index is 12.3. The molecule has 8 nitrogen and oxygen atoms in total. The number of carbonyl (C=O) groups excluding carboxylic acids is 1. The number of hydrogen-bond acceptors (Lipinski definition) is 5. The fraction of sp³-hybridized carbons (Fsp3) is 0.600. The van der Waals surface area contributed by atoms with Gasteiger partial charge in [-0.25, -0.2) is 4.79 Å². The summed E-state index contributed by atoms with van der Waals surface area (Å²) >= 11 is 0. The van der Waals surface area contributed by atoms with E-state index in [4.69, 9.17) is 0 Å². The van der Waals surface area contributed by atoms with Gasteiger partial charge < -0.3 is 15.5 Å². The van der Waals surface area contributed by atoms with Crippen LogP contribution in [0.15, 0.2) is 12.3 Å². The molecule has 0 radical (unpaired) electrons. The first-order chi connectivity index (χ1) is 13.2. The number of hydrogen-bond donors (Lipinski definition) is 2. The van der Waals surface area contributed by atoms with Crippen molar-refractivity contribution in [3.05, 3.63) is 23.4 Å². The highest BCUT2D eigenvalue weighted by Gasteiger charge is 2.26. The van der Waals surface area contributed by atoms with Gasteiger partial charge in [0.2, 0.25) is 0 Å². The molecule has 1 fully saturated rings. The number of anilines is 1. The average molecular weight is 386 g/mol. The van der Waals surface area contributed by atoms with Gasteiger partial charge in [-0.2, -0.15) is 5.10 Å². The highest BCUT2D eigenvalue weighted by atomic mass is 16.2. The van der Waals surface area contributed by atoms with Gasteiger partial charge in [0.25, 0.3) is 0 Å². The molecule has 2 aromatic rings. The summed E-state index contributed by atoms with van der Waals surface area (Å²) in [6, 6.07) is 2.24. The van der Waals surface area contributed by atoms with Crippen LogP contribution in [0.5, 0.6) is 0 Å². The number of carbonyl (C=O) groups is 1. The van der Waals surface area contributed by atoms with Crippen LogP contribution in [0.3, 0.4) is 0 Å². The van der Waals surface area contributed by atoms with Crippen LogP contribution < -0.4 is 10.6 Å². The van der Waals surface area contributed by atoms with Gasteiger partial charge in [0.15, 0.2) is 5.82 Å². The molecule has 2 N–H and O–H groups in total. The van der Waals surface area contributed by atoms with Crippen molar-refractivity contribution in [3.63, 3.8) is 0 Å². The zero-order chi connectivity index (χ0) is 20.5. The maximum Gasteiger partial charge on any atom is 0.317 e. The van der Waals surface area contributed by atoms with E-state index < -0.39 is 0 Å². The Kier molecular flexibility index (Phi) is 5.58. The molecule has 0 aliphatic carbocycles. The third kappa shape index (κ3) is 4.43. The molecule has 2 amide bonds. The van der Waals surface area contributed by atoms with Crippen LogP contribution in [0.4, 0.5) is 10.6 Å². The highest BCUT2D eigenvalue weighted by molar-refractivity contribution is 5.75. The normalized spacial score (nSPS) is 15.6. The summed E-state index contributed by atoms with van der Waals surface area (Å²) in [5.74, 6) is 0.820. The zero-order valence-electron chi connectivity index (χ0n) is 17.7. The molecule has 0 unspecified atom stereocenters. The SMILES string of the molecule is Cc1c(NC2CCN(C(=O)NC(C)(C)C)CC2)nnc(-c2ccnn2C)c1C. The summed E-state index contributed by atoms with van der Waals surface area (Å²) in [4.78, 5) is 14.2. The summed E-state index contributed by atoms with van der Waals surface area (Å²) in [5, 5.41) is 19.7. The predicted molar refractivity (Wildman–Crippen MR) is 110 cm³/mol. The number of aryl methyl sites for hydroxylation is 1. The predicted octanol–water partition coefficient (Wildman–Crippen LogP) is 2.88. The van der Waals surface area contributed by atoms with Crippen molar-refractivity contribution in [2.45, 2.75) is 59.0 Å². The van der Waals surface area contributed by atoms with Crippen LogP contribution >= 0.6 is 0 Å². The number of likely N-dealkylation sites (tertiary alicyclic amines) is 1. The molecular weight excluding hydrogens is 354 g/mol. The molecular formula is C20H31N7O. The maximum atomic E-state index is 12.3. The van der Waals surface area contributed by atoms with Crippen molar-refractivity contribution < 1.29 is 4.79 Å². The first kappa shape index (κ1) is 20.1. The lowest BCUT2D eigenvalue weighted by Crippen LogP contribution is -2.51. The van der Waals surface area contributed by atoms with Gasteiger partial charge in [-0.15, -0.1) is 10.2 Å². The summed E-state index contributed by atoms with van der Waals surface area (Å²) < 4.78 is 1.81. The van der Waals surface area contributed by atoms with E-state index in [-0.39, 0.29) is 17.6 Å². The van der Waals surface area contributed by atoms with Crippen LogP contribution in [0, 0.1) is 13.8 Å². The van der Waals surface area contributed by atoms with Crippen LogP contribution in [0.1, 0.15) is 44.7 Å². The van der Waals surface area contributed by atoms with Crippen molar-refractivity contribution in [2.75, 3.05) is 18.4 Å². The minimum Gasteiger partial charge on any atom is -0.365 e. The van der Waals surface area contributed by atoms with Gasteiger partial charge in [-0.1, -0.05) is 0 Å². The Morgan fingerprint density at radius 1 is 1.14 bits per heavy atom. The van der Waals surface area contributed by atoms with E-state index in [1.807, 2.05) is 43.5 Å². The highest BCUT2D eigenvalue weighted by Crippen LogP contribution is 2.26. The third-order valence-corrected chi connectivity index (χ3v) is 5.19. The second kappa shape index (κ2) is 7.77. The molecule has 0 spiro atoms. The zero-order valence-corrected chi connectivity index (χ0v) is 17.7. The molecule has 28 heavy (non-hydrogen) atoms. The van der Waals surface area contributed by atoms with E-state index in [2.05, 4.69) is 39.8 Å². The number of urea groups is 1. The number of nitrogens with zero attached hydrogens (tertiary/aromatic N) is 5. The monoisotopic (exact) mass is 385 g/mol. The Labute approximate surface area is 166 Å². The lowest BCUT2D eigenvalue weighted by Gasteiger charge is -2.34. The molecule has 0 saturated carbocycles. The van der Waals surface area contributed by atoms with Gasteiger partial charge in [-0.3, -0.25) is 4.68 Å². The number of nitrogens with one attached hydrogen (secondary N) is 2. The van der Waals surface area contributed by atoms with Gasteiger partial charge in [0.1, 0.15) is 5.69 Å². The van der Waals surface area contributed by atoms with E-state index in [0.29, 0.717) is 0 Å². The first-order valence-electron chi connectivity index (χ1n) is 9.81. The van der Waals surface area contributed by atoms with Crippen LogP contribution in [-0.4, -0.2) is 55.6 Å². The van der Waals surface area contributed by atoms with Crippen LogP contribution in [0.2, 0.25) is 0 Å². The lowest BCUT2D eigenvalue weighted by molar-refractivity contribution is 0.175. The first-order valence-corrected chi connectivity index (χ1v) is 9.81. The molecule has 0 atom stereocenters. The number of aromatic nitrogens is 4. The van der Waals surface area contributed by atoms with E-state index in [1.165, 1.54) is 0 Å². The number of rotatable bonds is 3. The summed E-state index contributed by atoms with van der Waals surface area (Å²) in [6.07, 6.45) is 3.55. The van der Waals surface area contributed by atoms with Gasteiger partial charge in [0, 0.05) is 37.9 Å². The molecule has 1 aliphatic rings. The Hall–Kier alpha value is -2.64. The topological polar surface area (TPSA) is 88.0 Å². The molecule has 0 aromatic carbocycles. The standard InChI is InChI=1S/C20H31N7O/c1-13-14(2)18(25-24-17(13)16-7-10-21-26(16)6)22-15-8-11-27(12-9-15)19(28)23-20(3,4)5/h7,10,15H,8-9,11-12H2,1-6H3,(H,22,25)(H,23,28). The van der Waals surface area contributed by atoms with E-state index in [0.717, 1.165) is 54.3 Å². The van der Waals surface area contributed by atoms with Crippen LogP contribution in [0.25, 0.3) is 11.4 Å². The Balaban J connectivity index is 1.63. The molecule has 3 rings (SSSR count). The molecule has 1 saturated heterocycles. The van der Waals surface area contributed by atoms with Gasteiger partial charge >= 0.3 is 6.03 Å². The van der Waals surface area contributed by atoms with Crippen molar-refractivity contribution in [1.82, 2.24) is 30.2 Å². The number of amides is 2. The Bertz CT molecular complexity index is 845. The molecule has 0 bridgehead atoms. The average Bonchev–Trinajstić information content (AvgIpc) is 3.04. The summed E-state index contributed by atoms with van der Waals surface area (Å²) in [5.41, 5.74) is 3.79. The van der Waals surface area contributed by atoms with E-state index in [1.54, 1.807) is 6.20 Å². The molecule has 152 valence electrons. The quantitative estimate of drug-likeness (QED) is 0.848. The summed E-state index contributed by atoms with van der Waals surface area (Å²) in [6.45, 7) is 11.6. The van der Waals surface area contributed by atoms with Crippen molar-refractivity contribution in [2.24, 2.45) is 7.05 Å². The third-order valence-electron chi connectivity index (χ3n) is 5.19. The van der Waals surface area contributed by atoms with Crippen molar-refractivity contribution >= 4 is 11.8 Å².